The number of nitrogens with one attached hydrogen (secondary N) is 1. The summed E-state index contributed by atoms with van der Waals surface area (Å²) in [7, 11) is -4.50. The molecule has 20 heavy (non-hydrogen) atoms. The third-order valence-electron chi connectivity index (χ3n) is 2.47. The number of halogens is 3. The van der Waals surface area contributed by atoms with Crippen LogP contribution in [0.25, 0.3) is 0 Å². The molecule has 0 aromatic heterocycles. The molecular weight excluding hydrogens is 293 g/mol. The van der Waals surface area contributed by atoms with Crippen LogP contribution in [0.15, 0.2) is 41.3 Å². The normalized spacial score (nSPS) is 11.3. The van der Waals surface area contributed by atoms with Crippen molar-refractivity contribution in [1.29, 1.82) is 0 Å². The van der Waals surface area contributed by atoms with Crippen LogP contribution in [0.5, 0.6) is 0 Å². The van der Waals surface area contributed by atoms with E-state index < -0.39 is 38.1 Å². The number of para-hydroxylation sites is 1. The quantitative estimate of drug-likeness (QED) is 0.856. The van der Waals surface area contributed by atoms with Gasteiger partial charge in [-0.1, -0.05) is 6.07 Å². The third kappa shape index (κ3) is 2.69. The van der Waals surface area contributed by atoms with E-state index >= 15 is 0 Å². The molecule has 0 aliphatic carbocycles. The average molecular weight is 302 g/mol. The maximum Gasteiger partial charge on any atom is 0.265 e. The van der Waals surface area contributed by atoms with Crippen molar-refractivity contribution < 1.29 is 21.6 Å². The number of nitrogens with two attached hydrogens (primary N) is 1. The van der Waals surface area contributed by atoms with Gasteiger partial charge in [0.2, 0.25) is 0 Å². The standard InChI is InChI=1S/C12H9F3N2O2S/c13-7-4-5-8(14)11(6-7)20(18,19)17-12-9(15)2-1-3-10(12)16/h1-6,17H,16H2. The maximum atomic E-state index is 13.5. The van der Waals surface area contributed by atoms with Crippen LogP contribution >= 0.6 is 0 Å². The zero-order chi connectivity index (χ0) is 14.9. The van der Waals surface area contributed by atoms with Crippen molar-refractivity contribution in [2.45, 2.75) is 4.90 Å². The van der Waals surface area contributed by atoms with Gasteiger partial charge in [0.25, 0.3) is 10.0 Å². The lowest BCUT2D eigenvalue weighted by Crippen LogP contribution is -2.17. The van der Waals surface area contributed by atoms with Gasteiger partial charge in [-0.05, 0) is 30.3 Å². The van der Waals surface area contributed by atoms with Gasteiger partial charge in [0, 0.05) is 0 Å². The van der Waals surface area contributed by atoms with E-state index in [1.165, 1.54) is 12.1 Å². The Morgan fingerprint density at radius 2 is 1.70 bits per heavy atom. The molecule has 0 radical (unpaired) electrons. The van der Waals surface area contributed by atoms with Gasteiger partial charge in [-0.15, -0.1) is 0 Å². The number of anilines is 2. The fourth-order valence-corrected chi connectivity index (χ4v) is 2.71. The summed E-state index contributed by atoms with van der Waals surface area (Å²) < 4.78 is 65.7. The molecule has 4 nitrogen and oxygen atoms in total. The molecule has 106 valence electrons. The summed E-state index contributed by atoms with van der Waals surface area (Å²) in [5.74, 6) is -3.02. The molecule has 0 aliphatic heterocycles. The Morgan fingerprint density at radius 3 is 2.35 bits per heavy atom. The number of benzene rings is 2. The van der Waals surface area contributed by atoms with E-state index in [1.54, 1.807) is 4.72 Å². The molecule has 8 heteroatoms. The number of nitrogen functional groups attached to an aromatic ring is 1. The maximum absolute atomic E-state index is 13.5. The molecule has 0 saturated carbocycles. The highest BCUT2D eigenvalue weighted by Gasteiger charge is 2.22. The van der Waals surface area contributed by atoms with Crippen molar-refractivity contribution in [3.05, 3.63) is 53.8 Å². The van der Waals surface area contributed by atoms with Crippen molar-refractivity contribution in [2.75, 3.05) is 10.5 Å². The highest BCUT2D eigenvalue weighted by Crippen LogP contribution is 2.26. The number of hydrogen-bond acceptors (Lipinski definition) is 3. The number of hydrogen-bond donors (Lipinski definition) is 2. The van der Waals surface area contributed by atoms with Crippen LogP contribution in [-0.4, -0.2) is 8.42 Å². The van der Waals surface area contributed by atoms with Gasteiger partial charge in [-0.2, -0.15) is 0 Å². The first-order valence-corrected chi connectivity index (χ1v) is 6.81. The fraction of sp³-hybridized carbons (Fsp3) is 0. The lowest BCUT2D eigenvalue weighted by Gasteiger charge is -2.11. The third-order valence-corrected chi connectivity index (χ3v) is 3.83. The van der Waals surface area contributed by atoms with Crippen LogP contribution in [0, 0.1) is 17.5 Å². The van der Waals surface area contributed by atoms with Gasteiger partial charge in [0.15, 0.2) is 0 Å². The molecule has 0 atom stereocenters. The zero-order valence-corrected chi connectivity index (χ0v) is 10.7. The van der Waals surface area contributed by atoms with Crippen molar-refractivity contribution in [1.82, 2.24) is 0 Å². The number of sulfonamides is 1. The Hall–Kier alpha value is -2.22. The molecule has 0 amide bonds. The minimum absolute atomic E-state index is 0.176. The van der Waals surface area contributed by atoms with Gasteiger partial charge in [0.1, 0.15) is 28.0 Å². The molecule has 0 fully saturated rings. The molecule has 0 unspecified atom stereocenters. The Bertz CT molecular complexity index is 743. The SMILES string of the molecule is Nc1cccc(F)c1NS(=O)(=O)c1cc(F)ccc1F. The summed E-state index contributed by atoms with van der Waals surface area (Å²) >= 11 is 0. The zero-order valence-electron chi connectivity index (χ0n) is 9.90. The number of rotatable bonds is 3. The van der Waals surface area contributed by atoms with Crippen molar-refractivity contribution in [3.8, 4) is 0 Å². The summed E-state index contributed by atoms with van der Waals surface area (Å²) in [4.78, 5) is -0.930. The second-order valence-electron chi connectivity index (χ2n) is 3.88. The Labute approximate surface area is 113 Å². The molecule has 0 heterocycles. The molecule has 0 aliphatic rings. The lowest BCUT2D eigenvalue weighted by atomic mass is 10.3. The molecular formula is C12H9F3N2O2S. The summed E-state index contributed by atoms with van der Waals surface area (Å²) in [5, 5.41) is 0. The van der Waals surface area contributed by atoms with E-state index in [9.17, 15) is 21.6 Å². The second-order valence-corrected chi connectivity index (χ2v) is 5.54. The van der Waals surface area contributed by atoms with Gasteiger partial charge in [-0.25, -0.2) is 21.6 Å². The predicted octanol–water partition coefficient (Wildman–Crippen LogP) is 2.49. The van der Waals surface area contributed by atoms with E-state index in [2.05, 4.69) is 0 Å². The average Bonchev–Trinajstić information content (AvgIpc) is 2.37. The van der Waals surface area contributed by atoms with Crippen molar-refractivity contribution in [2.24, 2.45) is 0 Å². The highest BCUT2D eigenvalue weighted by molar-refractivity contribution is 7.92. The molecule has 0 spiro atoms. The minimum atomic E-state index is -4.50. The van der Waals surface area contributed by atoms with Crippen molar-refractivity contribution >= 4 is 21.4 Å². The largest absolute Gasteiger partial charge is 0.397 e. The van der Waals surface area contributed by atoms with Crippen LogP contribution in [0.3, 0.4) is 0 Å². The molecule has 3 N–H and O–H groups in total. The summed E-state index contributed by atoms with van der Waals surface area (Å²) in [6.45, 7) is 0. The first-order chi connectivity index (χ1) is 9.31. The van der Waals surface area contributed by atoms with Gasteiger partial charge in [0.05, 0.1) is 5.69 Å². The van der Waals surface area contributed by atoms with Gasteiger partial charge >= 0.3 is 0 Å². The molecule has 2 aromatic rings. The summed E-state index contributed by atoms with van der Waals surface area (Å²) in [6, 6.07) is 5.46. The smallest absolute Gasteiger partial charge is 0.265 e. The van der Waals surface area contributed by atoms with Crippen LogP contribution in [-0.2, 0) is 10.0 Å². The Kier molecular flexibility index (Phi) is 3.58. The summed E-state index contributed by atoms with van der Waals surface area (Å²) in [5.41, 5.74) is 4.75. The predicted molar refractivity (Wildman–Crippen MR) is 68.0 cm³/mol. The van der Waals surface area contributed by atoms with Gasteiger partial charge in [-0.3, -0.25) is 4.72 Å². The second kappa shape index (κ2) is 5.04. The first-order valence-electron chi connectivity index (χ1n) is 5.33. The molecule has 2 aromatic carbocycles. The van der Waals surface area contributed by atoms with Crippen LogP contribution in [0.1, 0.15) is 0 Å². The molecule has 0 saturated heterocycles. The molecule has 2 rings (SSSR count). The Balaban J connectivity index is 2.49. The molecule has 0 bridgehead atoms. The minimum Gasteiger partial charge on any atom is -0.397 e. The van der Waals surface area contributed by atoms with E-state index in [4.69, 9.17) is 5.73 Å². The van der Waals surface area contributed by atoms with Crippen LogP contribution in [0.2, 0.25) is 0 Å². The monoisotopic (exact) mass is 302 g/mol. The fourth-order valence-electron chi connectivity index (χ4n) is 1.52. The van der Waals surface area contributed by atoms with E-state index in [1.807, 2.05) is 0 Å². The topological polar surface area (TPSA) is 72.2 Å². The first kappa shape index (κ1) is 14.2. The lowest BCUT2D eigenvalue weighted by molar-refractivity contribution is 0.555. The van der Waals surface area contributed by atoms with Crippen LogP contribution < -0.4 is 10.5 Å². The highest BCUT2D eigenvalue weighted by atomic mass is 32.2. The van der Waals surface area contributed by atoms with E-state index in [0.29, 0.717) is 12.1 Å². The van der Waals surface area contributed by atoms with Crippen LogP contribution in [0.4, 0.5) is 24.5 Å². The Morgan fingerprint density at radius 1 is 1.00 bits per heavy atom. The van der Waals surface area contributed by atoms with Gasteiger partial charge < -0.3 is 5.73 Å². The van der Waals surface area contributed by atoms with Crippen molar-refractivity contribution in [3.63, 3.8) is 0 Å². The van der Waals surface area contributed by atoms with E-state index in [-0.39, 0.29) is 5.69 Å². The summed E-state index contributed by atoms with van der Waals surface area (Å²) in [6.07, 6.45) is 0. The van der Waals surface area contributed by atoms with E-state index in [0.717, 1.165) is 12.1 Å².